The summed E-state index contributed by atoms with van der Waals surface area (Å²) < 4.78 is 15.8. The van der Waals surface area contributed by atoms with Crippen LogP contribution in [0, 0.1) is 0 Å². The molecule has 2 rings (SSSR count). The smallest absolute Gasteiger partial charge is 0.338 e. The van der Waals surface area contributed by atoms with Crippen molar-refractivity contribution in [2.45, 2.75) is 20.0 Å². The highest BCUT2D eigenvalue weighted by Crippen LogP contribution is 2.37. The number of carbonyl (C=O) groups excluding carboxylic acids is 2. The fraction of sp³-hybridized carbons (Fsp3) is 0.263. The number of amides is 1. The Morgan fingerprint density at radius 2 is 1.81 bits per heavy atom. The number of methoxy groups -OCH3 is 1. The molecule has 0 radical (unpaired) electrons. The SMILES string of the molecule is COc1cc(C(=O)OCC(=O)Nc2ccccc2Cl)cc(Cl)c1OC(C)C. The first-order chi connectivity index (χ1) is 12.8. The summed E-state index contributed by atoms with van der Waals surface area (Å²) in [5.74, 6) is -0.610. The lowest BCUT2D eigenvalue weighted by Crippen LogP contribution is -2.21. The normalized spacial score (nSPS) is 10.4. The van der Waals surface area contributed by atoms with Crippen molar-refractivity contribution in [1.82, 2.24) is 0 Å². The molecule has 0 saturated carbocycles. The topological polar surface area (TPSA) is 73.9 Å². The van der Waals surface area contributed by atoms with Crippen LogP contribution < -0.4 is 14.8 Å². The van der Waals surface area contributed by atoms with Gasteiger partial charge in [-0.2, -0.15) is 0 Å². The van der Waals surface area contributed by atoms with Crippen LogP contribution in [0.5, 0.6) is 11.5 Å². The molecule has 2 aromatic carbocycles. The molecule has 0 fully saturated rings. The highest BCUT2D eigenvalue weighted by Gasteiger charge is 2.18. The van der Waals surface area contributed by atoms with Gasteiger partial charge in [-0.1, -0.05) is 35.3 Å². The van der Waals surface area contributed by atoms with E-state index >= 15 is 0 Å². The Bertz CT molecular complexity index is 839. The van der Waals surface area contributed by atoms with E-state index < -0.39 is 18.5 Å². The molecule has 0 aliphatic heterocycles. The summed E-state index contributed by atoms with van der Waals surface area (Å²) in [6.45, 7) is 3.21. The lowest BCUT2D eigenvalue weighted by atomic mass is 10.2. The minimum absolute atomic E-state index is 0.122. The molecule has 0 aliphatic rings. The second kappa shape index (κ2) is 9.48. The van der Waals surface area contributed by atoms with E-state index in [-0.39, 0.29) is 16.7 Å². The van der Waals surface area contributed by atoms with Crippen molar-refractivity contribution in [3.63, 3.8) is 0 Å². The third-order valence-electron chi connectivity index (χ3n) is 3.30. The van der Waals surface area contributed by atoms with E-state index in [1.165, 1.54) is 19.2 Å². The van der Waals surface area contributed by atoms with Gasteiger partial charge >= 0.3 is 5.97 Å². The lowest BCUT2D eigenvalue weighted by Gasteiger charge is -2.16. The summed E-state index contributed by atoms with van der Waals surface area (Å²) in [5, 5.41) is 3.15. The minimum atomic E-state index is -0.722. The van der Waals surface area contributed by atoms with Crippen LogP contribution in [0.2, 0.25) is 10.0 Å². The van der Waals surface area contributed by atoms with Gasteiger partial charge in [0.1, 0.15) is 0 Å². The van der Waals surface area contributed by atoms with Crippen LogP contribution >= 0.6 is 23.2 Å². The number of hydrogen-bond acceptors (Lipinski definition) is 5. The van der Waals surface area contributed by atoms with Crippen molar-refractivity contribution >= 4 is 40.8 Å². The van der Waals surface area contributed by atoms with Crippen molar-refractivity contribution in [3.8, 4) is 11.5 Å². The van der Waals surface area contributed by atoms with E-state index in [4.69, 9.17) is 37.4 Å². The molecule has 144 valence electrons. The van der Waals surface area contributed by atoms with Gasteiger partial charge in [-0.3, -0.25) is 4.79 Å². The second-order valence-electron chi connectivity index (χ2n) is 5.76. The highest BCUT2D eigenvalue weighted by atomic mass is 35.5. The number of carbonyl (C=O) groups is 2. The summed E-state index contributed by atoms with van der Waals surface area (Å²) in [4.78, 5) is 24.2. The molecule has 0 heterocycles. The Hall–Kier alpha value is -2.44. The number of ether oxygens (including phenoxy) is 3. The molecule has 0 atom stereocenters. The van der Waals surface area contributed by atoms with E-state index in [9.17, 15) is 9.59 Å². The van der Waals surface area contributed by atoms with Crippen molar-refractivity contribution in [1.29, 1.82) is 0 Å². The van der Waals surface area contributed by atoms with Crippen molar-refractivity contribution in [2.75, 3.05) is 19.0 Å². The van der Waals surface area contributed by atoms with Crippen LogP contribution in [-0.4, -0.2) is 31.7 Å². The van der Waals surface area contributed by atoms with Crippen molar-refractivity contribution in [2.24, 2.45) is 0 Å². The zero-order valence-corrected chi connectivity index (χ0v) is 16.6. The highest BCUT2D eigenvalue weighted by molar-refractivity contribution is 6.33. The van der Waals surface area contributed by atoms with Crippen LogP contribution in [-0.2, 0) is 9.53 Å². The van der Waals surface area contributed by atoms with Crippen molar-refractivity contribution < 1.29 is 23.8 Å². The van der Waals surface area contributed by atoms with Crippen LogP contribution in [0.4, 0.5) is 5.69 Å². The Kier molecular flexibility index (Phi) is 7.33. The van der Waals surface area contributed by atoms with Crippen LogP contribution in [0.3, 0.4) is 0 Å². The molecule has 0 bridgehead atoms. The molecule has 1 amide bonds. The summed E-state index contributed by atoms with van der Waals surface area (Å²) in [6.07, 6.45) is -0.122. The van der Waals surface area contributed by atoms with Gasteiger partial charge in [-0.05, 0) is 38.1 Å². The number of para-hydroxylation sites is 1. The summed E-state index contributed by atoms with van der Waals surface area (Å²) in [7, 11) is 1.44. The van der Waals surface area contributed by atoms with Gasteiger partial charge in [-0.25, -0.2) is 4.79 Å². The molecule has 8 heteroatoms. The molecule has 0 aromatic heterocycles. The van der Waals surface area contributed by atoms with E-state index in [1.807, 2.05) is 13.8 Å². The molecule has 2 aromatic rings. The molecule has 0 saturated heterocycles. The van der Waals surface area contributed by atoms with Gasteiger partial charge in [0.25, 0.3) is 5.91 Å². The molecular formula is C19H19Cl2NO5. The number of rotatable bonds is 7. The predicted octanol–water partition coefficient (Wildman–Crippen LogP) is 4.58. The average Bonchev–Trinajstić information content (AvgIpc) is 2.62. The van der Waals surface area contributed by atoms with Crippen LogP contribution in [0.25, 0.3) is 0 Å². The third kappa shape index (κ3) is 5.77. The number of benzene rings is 2. The van der Waals surface area contributed by atoms with E-state index in [0.29, 0.717) is 22.2 Å². The first kappa shape index (κ1) is 20.9. The van der Waals surface area contributed by atoms with Gasteiger partial charge in [0.15, 0.2) is 18.1 Å². The van der Waals surface area contributed by atoms with E-state index in [0.717, 1.165) is 0 Å². The monoisotopic (exact) mass is 411 g/mol. The quantitative estimate of drug-likeness (QED) is 0.674. The molecule has 1 N–H and O–H groups in total. The fourth-order valence-corrected chi connectivity index (χ4v) is 2.59. The number of halogens is 2. The van der Waals surface area contributed by atoms with Crippen LogP contribution in [0.1, 0.15) is 24.2 Å². The summed E-state index contributed by atoms with van der Waals surface area (Å²) >= 11 is 12.1. The molecule has 27 heavy (non-hydrogen) atoms. The first-order valence-electron chi connectivity index (χ1n) is 8.07. The fourth-order valence-electron chi connectivity index (χ4n) is 2.15. The molecule has 0 spiro atoms. The van der Waals surface area contributed by atoms with Gasteiger partial charge in [0.2, 0.25) is 0 Å². The Morgan fingerprint density at radius 3 is 2.44 bits per heavy atom. The zero-order chi connectivity index (χ0) is 20.0. The average molecular weight is 412 g/mol. The van der Waals surface area contributed by atoms with Crippen molar-refractivity contribution in [3.05, 3.63) is 52.0 Å². The summed E-state index contributed by atoms with van der Waals surface area (Å²) in [6, 6.07) is 9.58. The third-order valence-corrected chi connectivity index (χ3v) is 3.91. The first-order valence-corrected chi connectivity index (χ1v) is 8.83. The minimum Gasteiger partial charge on any atom is -0.493 e. The molecule has 0 unspecified atom stereocenters. The number of hydrogen-bond donors (Lipinski definition) is 1. The largest absolute Gasteiger partial charge is 0.493 e. The second-order valence-corrected chi connectivity index (χ2v) is 6.57. The van der Waals surface area contributed by atoms with Gasteiger partial charge in [-0.15, -0.1) is 0 Å². The standard InChI is InChI=1S/C19H19Cl2NO5/c1-11(2)27-18-14(21)8-12(9-16(18)25-3)19(24)26-10-17(23)22-15-7-5-4-6-13(15)20/h4-9,11H,10H2,1-3H3,(H,22,23). The lowest BCUT2D eigenvalue weighted by molar-refractivity contribution is -0.119. The molecule has 6 nitrogen and oxygen atoms in total. The predicted molar refractivity (Wildman–Crippen MR) is 104 cm³/mol. The Morgan fingerprint density at radius 1 is 1.11 bits per heavy atom. The Labute approximate surface area is 167 Å². The Balaban J connectivity index is 2.04. The van der Waals surface area contributed by atoms with Gasteiger partial charge in [0.05, 0.1) is 34.5 Å². The van der Waals surface area contributed by atoms with E-state index in [1.54, 1.807) is 24.3 Å². The maximum Gasteiger partial charge on any atom is 0.338 e. The molecule has 0 aliphatic carbocycles. The van der Waals surface area contributed by atoms with Crippen LogP contribution in [0.15, 0.2) is 36.4 Å². The number of esters is 1. The van der Waals surface area contributed by atoms with E-state index in [2.05, 4.69) is 5.32 Å². The zero-order valence-electron chi connectivity index (χ0n) is 15.0. The summed E-state index contributed by atoms with van der Waals surface area (Å²) in [5.41, 5.74) is 0.568. The number of anilines is 1. The molecular weight excluding hydrogens is 393 g/mol. The van der Waals surface area contributed by atoms with Gasteiger partial charge < -0.3 is 19.5 Å². The maximum absolute atomic E-state index is 12.2. The van der Waals surface area contributed by atoms with Gasteiger partial charge in [0, 0.05) is 0 Å². The number of nitrogens with one attached hydrogen (secondary N) is 1. The maximum atomic E-state index is 12.2.